The van der Waals surface area contributed by atoms with Crippen molar-refractivity contribution in [2.24, 2.45) is 0 Å². The number of aliphatic hydroxyl groups excluding tert-OH is 1. The van der Waals surface area contributed by atoms with Crippen LogP contribution in [0.1, 0.15) is 27.9 Å². The molecule has 0 saturated carbocycles. The summed E-state index contributed by atoms with van der Waals surface area (Å²) >= 11 is 1.44. The van der Waals surface area contributed by atoms with Gasteiger partial charge in [-0.15, -0.1) is 0 Å². The lowest BCUT2D eigenvalue weighted by atomic mass is 10.1. The minimum absolute atomic E-state index is 0.00167. The maximum atomic E-state index is 13.3. The number of nitrogens with zero attached hydrogens (tertiary/aromatic N) is 2. The fourth-order valence-electron chi connectivity index (χ4n) is 2.82. The second-order valence-electron chi connectivity index (χ2n) is 6.15. The Morgan fingerprint density at radius 1 is 1.04 bits per heavy atom. The van der Waals surface area contributed by atoms with Gasteiger partial charge in [0.15, 0.2) is 5.16 Å². The minimum Gasteiger partial charge on any atom is -0.390 e. The molecule has 0 unspecified atom stereocenters. The number of aliphatic hydroxyl groups is 1. The number of benzene rings is 2. The van der Waals surface area contributed by atoms with Crippen LogP contribution in [0.4, 0.5) is 13.2 Å². The predicted molar refractivity (Wildman–Crippen MR) is 99.4 cm³/mol. The van der Waals surface area contributed by atoms with Crippen molar-refractivity contribution in [2.75, 3.05) is 0 Å². The predicted octanol–water partition coefficient (Wildman–Crippen LogP) is 5.04. The van der Waals surface area contributed by atoms with Crippen molar-refractivity contribution in [1.29, 1.82) is 0 Å². The zero-order valence-electron chi connectivity index (χ0n) is 14.7. The third-order valence-corrected chi connectivity index (χ3v) is 5.37. The molecular formula is C20H19F3N2OS. The Kier molecular flexibility index (Phi) is 5.92. The van der Waals surface area contributed by atoms with Crippen LogP contribution in [0, 0.1) is 6.92 Å². The summed E-state index contributed by atoms with van der Waals surface area (Å²) in [5.41, 5.74) is 2.25. The molecule has 142 valence electrons. The summed E-state index contributed by atoms with van der Waals surface area (Å²) in [6.07, 6.45) is -2.92. The van der Waals surface area contributed by atoms with Crippen LogP contribution in [-0.4, -0.2) is 14.7 Å². The van der Waals surface area contributed by atoms with Crippen molar-refractivity contribution in [2.45, 2.75) is 37.2 Å². The molecule has 0 atom stereocenters. The number of hydrogen-bond donors (Lipinski definition) is 1. The zero-order valence-corrected chi connectivity index (χ0v) is 15.5. The lowest BCUT2D eigenvalue weighted by molar-refractivity contribution is -0.138. The van der Waals surface area contributed by atoms with E-state index >= 15 is 0 Å². The van der Waals surface area contributed by atoms with Crippen LogP contribution in [0.5, 0.6) is 0 Å². The molecule has 1 aromatic heterocycles. The van der Waals surface area contributed by atoms with Crippen LogP contribution in [0.3, 0.4) is 0 Å². The van der Waals surface area contributed by atoms with Crippen molar-refractivity contribution in [1.82, 2.24) is 9.55 Å². The van der Waals surface area contributed by atoms with Gasteiger partial charge in [-0.1, -0.05) is 54.2 Å². The SMILES string of the molecule is Cc1ccccc1CSc1ncc(CO)n1Cc1ccccc1C(F)(F)F. The Bertz CT molecular complexity index is 922. The van der Waals surface area contributed by atoms with Crippen LogP contribution in [0.15, 0.2) is 59.9 Å². The first kappa shape index (κ1) is 19.5. The highest BCUT2D eigenvalue weighted by atomic mass is 32.2. The summed E-state index contributed by atoms with van der Waals surface area (Å²) in [6.45, 7) is 1.73. The second-order valence-corrected chi connectivity index (χ2v) is 7.09. The van der Waals surface area contributed by atoms with Crippen LogP contribution in [0.2, 0.25) is 0 Å². The Balaban J connectivity index is 1.88. The van der Waals surface area contributed by atoms with Gasteiger partial charge in [-0.3, -0.25) is 0 Å². The third kappa shape index (κ3) is 4.54. The van der Waals surface area contributed by atoms with E-state index in [4.69, 9.17) is 0 Å². The van der Waals surface area contributed by atoms with E-state index < -0.39 is 11.7 Å². The van der Waals surface area contributed by atoms with E-state index in [1.165, 1.54) is 30.1 Å². The van der Waals surface area contributed by atoms with Gasteiger partial charge in [-0.2, -0.15) is 13.2 Å². The van der Waals surface area contributed by atoms with Crippen LogP contribution in [-0.2, 0) is 25.1 Å². The molecule has 27 heavy (non-hydrogen) atoms. The molecule has 0 aliphatic rings. The van der Waals surface area contributed by atoms with Gasteiger partial charge in [-0.05, 0) is 29.7 Å². The molecule has 0 aliphatic heterocycles. The maximum Gasteiger partial charge on any atom is 0.416 e. The summed E-state index contributed by atoms with van der Waals surface area (Å²) in [5.74, 6) is 0.648. The first-order chi connectivity index (χ1) is 12.9. The molecule has 0 spiro atoms. The van der Waals surface area contributed by atoms with Crippen LogP contribution in [0.25, 0.3) is 0 Å². The van der Waals surface area contributed by atoms with Crippen LogP contribution < -0.4 is 0 Å². The van der Waals surface area contributed by atoms with E-state index in [9.17, 15) is 18.3 Å². The highest BCUT2D eigenvalue weighted by Gasteiger charge is 2.33. The maximum absolute atomic E-state index is 13.3. The van der Waals surface area contributed by atoms with E-state index in [1.54, 1.807) is 10.6 Å². The molecule has 0 saturated heterocycles. The number of rotatable bonds is 6. The van der Waals surface area contributed by atoms with Crippen molar-refractivity contribution >= 4 is 11.8 Å². The van der Waals surface area contributed by atoms with Gasteiger partial charge < -0.3 is 9.67 Å². The van der Waals surface area contributed by atoms with Gasteiger partial charge in [-0.25, -0.2) is 4.98 Å². The molecule has 0 radical (unpaired) electrons. The lowest BCUT2D eigenvalue weighted by Gasteiger charge is -2.16. The average Bonchev–Trinajstić information content (AvgIpc) is 3.02. The summed E-state index contributed by atoms with van der Waals surface area (Å²) in [6, 6.07) is 13.4. The van der Waals surface area contributed by atoms with Crippen molar-refractivity contribution in [3.8, 4) is 0 Å². The summed E-state index contributed by atoms with van der Waals surface area (Å²) < 4.78 is 41.5. The molecule has 3 nitrogen and oxygen atoms in total. The van der Waals surface area contributed by atoms with Crippen LogP contribution >= 0.6 is 11.8 Å². The Morgan fingerprint density at radius 3 is 2.37 bits per heavy atom. The Hall–Kier alpha value is -2.25. The van der Waals surface area contributed by atoms with Gasteiger partial charge in [0.2, 0.25) is 0 Å². The molecule has 3 aromatic rings. The van der Waals surface area contributed by atoms with E-state index in [-0.39, 0.29) is 18.7 Å². The largest absolute Gasteiger partial charge is 0.416 e. The topological polar surface area (TPSA) is 38.1 Å². The number of hydrogen-bond acceptors (Lipinski definition) is 3. The highest BCUT2D eigenvalue weighted by Crippen LogP contribution is 2.33. The fraction of sp³-hybridized carbons (Fsp3) is 0.250. The number of aryl methyl sites for hydroxylation is 1. The number of halogens is 3. The Labute approximate surface area is 159 Å². The molecule has 0 bridgehead atoms. The third-order valence-electron chi connectivity index (χ3n) is 4.33. The standard InChI is InChI=1S/C20H19F3N2OS/c1-14-6-2-3-8-16(14)13-27-19-24-10-17(12-26)25(19)11-15-7-4-5-9-18(15)20(21,22)23/h2-10,26H,11-13H2,1H3. The number of imidazole rings is 1. The zero-order chi connectivity index (χ0) is 19.4. The van der Waals surface area contributed by atoms with Gasteiger partial charge in [0.25, 0.3) is 0 Å². The van der Waals surface area contributed by atoms with E-state index in [0.717, 1.165) is 17.2 Å². The molecule has 0 fully saturated rings. The first-order valence-corrected chi connectivity index (χ1v) is 9.36. The average molecular weight is 392 g/mol. The van der Waals surface area contributed by atoms with Gasteiger partial charge in [0.1, 0.15) is 0 Å². The molecule has 0 amide bonds. The normalized spacial score (nSPS) is 11.7. The second kappa shape index (κ2) is 8.19. The van der Waals surface area contributed by atoms with Gasteiger partial charge in [0, 0.05) is 5.75 Å². The van der Waals surface area contributed by atoms with E-state index in [1.807, 2.05) is 31.2 Å². The lowest BCUT2D eigenvalue weighted by Crippen LogP contribution is -2.13. The molecule has 2 aromatic carbocycles. The number of thioether (sulfide) groups is 1. The van der Waals surface area contributed by atoms with Crippen molar-refractivity contribution in [3.05, 3.63) is 82.7 Å². The van der Waals surface area contributed by atoms with Crippen molar-refractivity contribution in [3.63, 3.8) is 0 Å². The molecule has 0 aliphatic carbocycles. The summed E-state index contributed by atoms with van der Waals surface area (Å²) in [4.78, 5) is 4.30. The number of alkyl halides is 3. The molecule has 1 heterocycles. The monoisotopic (exact) mass is 392 g/mol. The summed E-state index contributed by atoms with van der Waals surface area (Å²) in [5, 5.41) is 10.2. The highest BCUT2D eigenvalue weighted by molar-refractivity contribution is 7.98. The molecule has 1 N–H and O–H groups in total. The van der Waals surface area contributed by atoms with Gasteiger partial charge >= 0.3 is 6.18 Å². The van der Waals surface area contributed by atoms with E-state index in [0.29, 0.717) is 16.6 Å². The van der Waals surface area contributed by atoms with Gasteiger partial charge in [0.05, 0.1) is 30.6 Å². The molecular weight excluding hydrogens is 373 g/mol. The first-order valence-electron chi connectivity index (χ1n) is 8.38. The molecule has 3 rings (SSSR count). The fourth-order valence-corrected chi connectivity index (χ4v) is 3.90. The molecule has 7 heteroatoms. The smallest absolute Gasteiger partial charge is 0.390 e. The van der Waals surface area contributed by atoms with Crippen molar-refractivity contribution < 1.29 is 18.3 Å². The number of aromatic nitrogens is 2. The quantitative estimate of drug-likeness (QED) is 0.597. The van der Waals surface area contributed by atoms with E-state index in [2.05, 4.69) is 4.98 Å². The minimum atomic E-state index is -4.43. The Morgan fingerprint density at radius 2 is 1.70 bits per heavy atom. The summed E-state index contributed by atoms with van der Waals surface area (Å²) in [7, 11) is 0.